The third kappa shape index (κ3) is 6.49. The van der Waals surface area contributed by atoms with Crippen molar-refractivity contribution < 1.29 is 41.0 Å². The number of aromatic nitrogens is 3. The highest BCUT2D eigenvalue weighted by molar-refractivity contribution is 9.10. The first-order valence-corrected chi connectivity index (χ1v) is 18.2. The number of anilines is 1. The summed E-state index contributed by atoms with van der Waals surface area (Å²) in [5.41, 5.74) is -0.939. The Balaban J connectivity index is 1.22. The highest BCUT2D eigenvalue weighted by atomic mass is 79.9. The standard InChI is InChI=1S/C37H33BrF6N6O3/c1-2-24-26(40)6-3-19-13-23(51)14-25(27(19)24)30-29(41)31-28(32(38)45-30)33(49-15-21-4-5-22(16-49)50(21)34(52)37(42,43)44)47-35(46-31)53-18-36(9-10-36)17-48-11-7-20(39)8-12-48/h1,3,6,13-14,20-22,51H,4-5,7-12,15-18H2/t21-,22+. The van der Waals surface area contributed by atoms with E-state index >= 15 is 4.39 Å². The summed E-state index contributed by atoms with van der Waals surface area (Å²) in [5.74, 6) is -1.37. The molecule has 3 aliphatic heterocycles. The molecule has 2 aromatic carbocycles. The van der Waals surface area contributed by atoms with Crippen molar-refractivity contribution in [1.29, 1.82) is 0 Å². The van der Waals surface area contributed by atoms with Gasteiger partial charge in [0.05, 0.1) is 29.6 Å². The Bertz CT molecular complexity index is 2170. The van der Waals surface area contributed by atoms with E-state index < -0.39 is 42.0 Å². The summed E-state index contributed by atoms with van der Waals surface area (Å²) in [6.45, 7) is 2.11. The number of aromatic hydroxyl groups is 1. The predicted molar refractivity (Wildman–Crippen MR) is 187 cm³/mol. The Hall–Kier alpha value is -4.36. The molecule has 53 heavy (non-hydrogen) atoms. The Morgan fingerprint density at radius 1 is 1.04 bits per heavy atom. The molecule has 1 amide bonds. The molecule has 16 heteroatoms. The van der Waals surface area contributed by atoms with Crippen LogP contribution in [0.2, 0.25) is 0 Å². The van der Waals surface area contributed by atoms with E-state index in [1.54, 1.807) is 4.90 Å². The summed E-state index contributed by atoms with van der Waals surface area (Å²) in [6.07, 6.45) is 3.16. The smallest absolute Gasteiger partial charge is 0.471 e. The number of hydrogen-bond acceptors (Lipinski definition) is 8. The molecule has 5 heterocycles. The zero-order chi connectivity index (χ0) is 37.4. The zero-order valence-corrected chi connectivity index (χ0v) is 29.8. The minimum Gasteiger partial charge on any atom is -0.508 e. The lowest BCUT2D eigenvalue weighted by Crippen LogP contribution is -2.59. The SMILES string of the molecule is C#Cc1c(F)ccc2cc(O)cc(-c3nc(Br)c4c(N5C[C@H]6CC[C@@H](C5)N6C(=O)C(F)(F)F)nc(OCC5(CN6CCC(F)CC6)CC5)nc4c3F)c12. The van der Waals surface area contributed by atoms with Crippen LogP contribution in [0.25, 0.3) is 32.9 Å². The molecular weight excluding hydrogens is 770 g/mol. The van der Waals surface area contributed by atoms with Crippen LogP contribution in [-0.4, -0.2) is 99.5 Å². The van der Waals surface area contributed by atoms with Crippen LogP contribution in [0.1, 0.15) is 44.1 Å². The molecule has 1 N–H and O–H groups in total. The summed E-state index contributed by atoms with van der Waals surface area (Å²) in [5, 5.41) is 11.2. The van der Waals surface area contributed by atoms with E-state index in [0.717, 1.165) is 23.8 Å². The van der Waals surface area contributed by atoms with Crippen molar-refractivity contribution in [2.24, 2.45) is 5.41 Å². The molecule has 1 aliphatic carbocycles. The number of alkyl halides is 4. The van der Waals surface area contributed by atoms with Gasteiger partial charge in [0, 0.05) is 49.1 Å². The number of fused-ring (bicyclic) bond motifs is 4. The second-order valence-corrected chi connectivity index (χ2v) is 15.3. The van der Waals surface area contributed by atoms with Gasteiger partial charge in [0.2, 0.25) is 0 Å². The van der Waals surface area contributed by atoms with Crippen LogP contribution in [0.15, 0.2) is 28.9 Å². The van der Waals surface area contributed by atoms with Crippen molar-refractivity contribution in [3.05, 3.63) is 46.1 Å². The molecule has 2 bridgehead atoms. The summed E-state index contributed by atoms with van der Waals surface area (Å²) < 4.78 is 92.7. The first-order valence-electron chi connectivity index (χ1n) is 17.4. The molecule has 2 aromatic heterocycles. The van der Waals surface area contributed by atoms with Gasteiger partial charge >= 0.3 is 18.1 Å². The van der Waals surface area contributed by atoms with Gasteiger partial charge in [-0.2, -0.15) is 23.1 Å². The number of carbonyl (C=O) groups excluding carboxylic acids is 1. The normalized spacial score (nSPS) is 21.7. The maximum atomic E-state index is 17.1. The molecular formula is C37H33BrF6N6O3. The van der Waals surface area contributed by atoms with E-state index in [2.05, 4.69) is 41.7 Å². The van der Waals surface area contributed by atoms with Gasteiger partial charge in [-0.05, 0) is 78.0 Å². The fraction of sp³-hybridized carbons (Fsp3) is 0.459. The van der Waals surface area contributed by atoms with E-state index in [0.29, 0.717) is 50.7 Å². The Kier molecular flexibility index (Phi) is 8.87. The molecule has 0 spiro atoms. The second kappa shape index (κ2) is 13.2. The molecule has 3 saturated heterocycles. The number of benzene rings is 2. The van der Waals surface area contributed by atoms with Gasteiger partial charge in [-0.15, -0.1) is 6.42 Å². The number of nitrogens with zero attached hydrogens (tertiary/aromatic N) is 6. The lowest BCUT2D eigenvalue weighted by atomic mass is 9.96. The van der Waals surface area contributed by atoms with Crippen molar-refractivity contribution in [2.75, 3.05) is 44.2 Å². The molecule has 8 rings (SSSR count). The van der Waals surface area contributed by atoms with E-state index in [1.807, 2.05) is 0 Å². The van der Waals surface area contributed by atoms with Crippen LogP contribution >= 0.6 is 15.9 Å². The van der Waals surface area contributed by atoms with Crippen molar-refractivity contribution in [1.82, 2.24) is 24.8 Å². The number of piperazine rings is 1. The predicted octanol–water partition coefficient (Wildman–Crippen LogP) is 6.91. The number of rotatable bonds is 7. The van der Waals surface area contributed by atoms with Gasteiger partial charge in [-0.3, -0.25) is 4.79 Å². The van der Waals surface area contributed by atoms with Gasteiger partial charge in [-0.25, -0.2) is 18.2 Å². The number of amides is 1. The number of phenolic OH excluding ortho intramolecular Hbond substituents is 1. The zero-order valence-electron chi connectivity index (χ0n) is 28.2. The number of piperidine rings is 1. The number of likely N-dealkylation sites (tertiary alicyclic amines) is 1. The van der Waals surface area contributed by atoms with E-state index in [1.165, 1.54) is 18.2 Å². The van der Waals surface area contributed by atoms with Gasteiger partial charge in [0.15, 0.2) is 5.82 Å². The summed E-state index contributed by atoms with van der Waals surface area (Å²) in [6, 6.07) is 3.42. The van der Waals surface area contributed by atoms with Crippen molar-refractivity contribution in [2.45, 2.75) is 63.0 Å². The first kappa shape index (κ1) is 35.7. The van der Waals surface area contributed by atoms with Crippen LogP contribution in [0.5, 0.6) is 11.8 Å². The summed E-state index contributed by atoms with van der Waals surface area (Å²) in [7, 11) is 0. The quantitative estimate of drug-likeness (QED) is 0.123. The maximum absolute atomic E-state index is 17.1. The largest absolute Gasteiger partial charge is 0.508 e. The molecule has 278 valence electrons. The van der Waals surface area contributed by atoms with Gasteiger partial charge in [0.25, 0.3) is 0 Å². The number of terminal acetylenes is 1. The van der Waals surface area contributed by atoms with E-state index in [9.17, 15) is 31.9 Å². The van der Waals surface area contributed by atoms with Crippen LogP contribution < -0.4 is 9.64 Å². The van der Waals surface area contributed by atoms with Crippen LogP contribution in [0.3, 0.4) is 0 Å². The average Bonchev–Trinajstić information content (AvgIpc) is 3.84. The molecule has 4 fully saturated rings. The molecule has 9 nitrogen and oxygen atoms in total. The minimum atomic E-state index is -5.03. The molecule has 1 saturated carbocycles. The monoisotopic (exact) mass is 802 g/mol. The van der Waals surface area contributed by atoms with Crippen molar-refractivity contribution in [3.63, 3.8) is 0 Å². The summed E-state index contributed by atoms with van der Waals surface area (Å²) in [4.78, 5) is 30.9. The molecule has 4 aromatic rings. The first-order chi connectivity index (χ1) is 25.2. The van der Waals surface area contributed by atoms with Gasteiger partial charge < -0.3 is 24.5 Å². The van der Waals surface area contributed by atoms with E-state index in [4.69, 9.17) is 11.2 Å². The van der Waals surface area contributed by atoms with E-state index in [-0.39, 0.29) is 80.4 Å². The Morgan fingerprint density at radius 3 is 2.38 bits per heavy atom. The van der Waals surface area contributed by atoms with Crippen molar-refractivity contribution in [3.8, 4) is 35.4 Å². The van der Waals surface area contributed by atoms with Crippen LogP contribution in [-0.2, 0) is 4.79 Å². The minimum absolute atomic E-state index is 0.00138. The fourth-order valence-corrected chi connectivity index (χ4v) is 8.69. The van der Waals surface area contributed by atoms with Crippen LogP contribution in [0.4, 0.5) is 32.2 Å². The van der Waals surface area contributed by atoms with Gasteiger partial charge in [-0.1, -0.05) is 12.0 Å². The van der Waals surface area contributed by atoms with Crippen molar-refractivity contribution >= 4 is 49.3 Å². The number of phenols is 1. The topological polar surface area (TPSA) is 94.9 Å². The lowest BCUT2D eigenvalue weighted by Gasteiger charge is -2.42. The highest BCUT2D eigenvalue weighted by Crippen LogP contribution is 2.48. The van der Waals surface area contributed by atoms with Crippen LogP contribution in [0, 0.1) is 29.4 Å². The lowest BCUT2D eigenvalue weighted by molar-refractivity contribution is -0.188. The second-order valence-electron chi connectivity index (χ2n) is 14.5. The number of hydrogen-bond donors (Lipinski definition) is 1. The number of carbonyl (C=O) groups is 1. The number of halogens is 7. The fourth-order valence-electron chi connectivity index (χ4n) is 8.15. The Morgan fingerprint density at radius 2 is 1.74 bits per heavy atom. The molecule has 2 atom stereocenters. The van der Waals surface area contributed by atoms with Gasteiger partial charge in [0.1, 0.15) is 39.4 Å². The summed E-state index contributed by atoms with van der Waals surface area (Å²) >= 11 is 3.45. The number of ether oxygens (including phenoxy) is 1. The highest BCUT2D eigenvalue weighted by Gasteiger charge is 2.52. The number of pyridine rings is 1. The third-order valence-corrected chi connectivity index (χ3v) is 11.5. The molecule has 4 aliphatic rings. The molecule has 0 radical (unpaired) electrons. The Labute approximate surface area is 308 Å². The molecule has 0 unspecified atom stereocenters. The third-order valence-electron chi connectivity index (χ3n) is 11.0. The average molecular weight is 804 g/mol. The maximum Gasteiger partial charge on any atom is 0.471 e.